The fraction of sp³-hybridized carbons (Fsp3) is 0.222. The highest BCUT2D eigenvalue weighted by atomic mass is 32.2. The number of thioether (sulfide) groups is 1. The molecule has 118 valence electrons. The number of nitrogens with zero attached hydrogens (tertiary/aromatic N) is 3. The van der Waals surface area contributed by atoms with Crippen LogP contribution in [-0.4, -0.2) is 21.9 Å². The van der Waals surface area contributed by atoms with E-state index in [1.165, 1.54) is 5.56 Å². The Morgan fingerprint density at radius 2 is 1.74 bits per heavy atom. The van der Waals surface area contributed by atoms with Gasteiger partial charge < -0.3 is 9.30 Å². The average molecular weight is 325 g/mol. The molecular weight excluding hydrogens is 306 g/mol. The highest BCUT2D eigenvalue weighted by Gasteiger charge is 2.16. The molecule has 0 amide bonds. The molecule has 0 aliphatic carbocycles. The van der Waals surface area contributed by atoms with Crippen molar-refractivity contribution in [1.29, 1.82) is 0 Å². The van der Waals surface area contributed by atoms with Crippen LogP contribution in [0, 0.1) is 0 Å². The van der Waals surface area contributed by atoms with E-state index in [0.29, 0.717) is 0 Å². The smallest absolute Gasteiger partial charge is 0.191 e. The summed E-state index contributed by atoms with van der Waals surface area (Å²) in [4.78, 5) is 0. The molecule has 0 saturated carbocycles. The van der Waals surface area contributed by atoms with Crippen molar-refractivity contribution >= 4 is 11.8 Å². The van der Waals surface area contributed by atoms with Crippen molar-refractivity contribution in [1.82, 2.24) is 14.8 Å². The molecule has 0 radical (unpaired) electrons. The molecule has 2 aromatic carbocycles. The summed E-state index contributed by atoms with van der Waals surface area (Å²) in [5, 5.41) is 9.69. The highest BCUT2D eigenvalue weighted by molar-refractivity contribution is 7.98. The van der Waals surface area contributed by atoms with Crippen molar-refractivity contribution in [3.8, 4) is 17.1 Å². The summed E-state index contributed by atoms with van der Waals surface area (Å²) in [6.45, 7) is 2.92. The summed E-state index contributed by atoms with van der Waals surface area (Å²) >= 11 is 1.70. The maximum atomic E-state index is 5.45. The molecule has 23 heavy (non-hydrogen) atoms. The lowest BCUT2D eigenvalue weighted by atomic mass is 10.2. The fourth-order valence-corrected chi connectivity index (χ4v) is 3.39. The van der Waals surface area contributed by atoms with Crippen LogP contribution in [0.5, 0.6) is 5.75 Å². The Balaban J connectivity index is 1.88. The maximum absolute atomic E-state index is 5.45. The summed E-state index contributed by atoms with van der Waals surface area (Å²) in [6.07, 6.45) is 0. The molecule has 0 spiro atoms. The first-order valence-corrected chi connectivity index (χ1v) is 8.55. The van der Waals surface area contributed by atoms with E-state index in [1.54, 1.807) is 18.9 Å². The maximum Gasteiger partial charge on any atom is 0.191 e. The molecule has 0 bridgehead atoms. The van der Waals surface area contributed by atoms with E-state index in [9.17, 15) is 0 Å². The summed E-state index contributed by atoms with van der Waals surface area (Å²) in [5.74, 6) is 2.54. The Labute approximate surface area is 140 Å². The second-order valence-corrected chi connectivity index (χ2v) is 5.97. The molecule has 0 aliphatic rings. The summed E-state index contributed by atoms with van der Waals surface area (Å²) in [5.41, 5.74) is 2.25. The third-order valence-corrected chi connectivity index (χ3v) is 4.63. The van der Waals surface area contributed by atoms with E-state index in [1.807, 2.05) is 30.3 Å². The standard InChI is InChI=1S/C18H19N3OS/c1-3-21-17(15-11-7-8-12-16(15)22-2)19-20-18(21)23-13-14-9-5-4-6-10-14/h4-12H,3,13H2,1-2H3. The van der Waals surface area contributed by atoms with E-state index in [-0.39, 0.29) is 0 Å². The van der Waals surface area contributed by atoms with Gasteiger partial charge in [0, 0.05) is 12.3 Å². The van der Waals surface area contributed by atoms with E-state index in [2.05, 4.69) is 46.0 Å². The predicted octanol–water partition coefficient (Wildman–Crippen LogP) is 4.27. The third kappa shape index (κ3) is 3.40. The van der Waals surface area contributed by atoms with Crippen molar-refractivity contribution in [2.24, 2.45) is 0 Å². The van der Waals surface area contributed by atoms with Gasteiger partial charge in [0.1, 0.15) is 5.75 Å². The van der Waals surface area contributed by atoms with Crippen molar-refractivity contribution in [3.05, 3.63) is 60.2 Å². The third-order valence-electron chi connectivity index (χ3n) is 3.59. The lowest BCUT2D eigenvalue weighted by Gasteiger charge is -2.10. The van der Waals surface area contributed by atoms with Gasteiger partial charge in [0.2, 0.25) is 0 Å². The van der Waals surface area contributed by atoms with Crippen molar-refractivity contribution < 1.29 is 4.74 Å². The molecule has 0 saturated heterocycles. The Morgan fingerprint density at radius 1 is 1.00 bits per heavy atom. The zero-order chi connectivity index (χ0) is 16.1. The minimum Gasteiger partial charge on any atom is -0.496 e. The van der Waals surface area contributed by atoms with E-state index < -0.39 is 0 Å². The SMILES string of the molecule is CCn1c(SCc2ccccc2)nnc1-c1ccccc1OC. The molecule has 5 heteroatoms. The van der Waals surface area contributed by atoms with Crippen LogP contribution in [-0.2, 0) is 12.3 Å². The predicted molar refractivity (Wildman–Crippen MR) is 93.7 cm³/mol. The molecule has 0 aliphatic heterocycles. The minimum absolute atomic E-state index is 0.814. The second-order valence-electron chi connectivity index (χ2n) is 5.02. The van der Waals surface area contributed by atoms with Gasteiger partial charge in [-0.1, -0.05) is 54.2 Å². The Bertz CT molecular complexity index is 771. The van der Waals surface area contributed by atoms with Crippen LogP contribution in [0.3, 0.4) is 0 Å². The first-order valence-electron chi connectivity index (χ1n) is 7.56. The molecule has 0 fully saturated rings. The molecular formula is C18H19N3OS. The van der Waals surface area contributed by atoms with Gasteiger partial charge in [-0.15, -0.1) is 10.2 Å². The van der Waals surface area contributed by atoms with Crippen molar-refractivity contribution in [3.63, 3.8) is 0 Å². The minimum atomic E-state index is 0.814. The number of benzene rings is 2. The van der Waals surface area contributed by atoms with Crippen LogP contribution >= 0.6 is 11.8 Å². The van der Waals surface area contributed by atoms with Crippen molar-refractivity contribution in [2.75, 3.05) is 7.11 Å². The van der Waals surface area contributed by atoms with E-state index in [4.69, 9.17) is 4.74 Å². The molecule has 0 N–H and O–H groups in total. The summed E-state index contributed by atoms with van der Waals surface area (Å²) in [7, 11) is 1.68. The zero-order valence-electron chi connectivity index (χ0n) is 13.3. The highest BCUT2D eigenvalue weighted by Crippen LogP contribution is 2.31. The summed E-state index contributed by atoms with van der Waals surface area (Å²) in [6, 6.07) is 18.3. The number of ether oxygens (including phenoxy) is 1. The molecule has 1 heterocycles. The quantitative estimate of drug-likeness (QED) is 0.635. The van der Waals surface area contributed by atoms with Crippen LogP contribution in [0.25, 0.3) is 11.4 Å². The van der Waals surface area contributed by atoms with Crippen LogP contribution in [0.4, 0.5) is 0 Å². The number of aromatic nitrogens is 3. The topological polar surface area (TPSA) is 39.9 Å². The molecule has 0 unspecified atom stereocenters. The number of hydrogen-bond acceptors (Lipinski definition) is 4. The van der Waals surface area contributed by atoms with Gasteiger partial charge in [-0.3, -0.25) is 0 Å². The number of methoxy groups -OCH3 is 1. The van der Waals surface area contributed by atoms with Crippen LogP contribution < -0.4 is 4.74 Å². The largest absolute Gasteiger partial charge is 0.496 e. The molecule has 3 rings (SSSR count). The Morgan fingerprint density at radius 3 is 2.48 bits per heavy atom. The normalized spacial score (nSPS) is 10.7. The second kappa shape index (κ2) is 7.33. The van der Waals surface area contributed by atoms with Crippen LogP contribution in [0.1, 0.15) is 12.5 Å². The lowest BCUT2D eigenvalue weighted by molar-refractivity contribution is 0.416. The summed E-state index contributed by atoms with van der Waals surface area (Å²) < 4.78 is 7.58. The van der Waals surface area contributed by atoms with Gasteiger partial charge in [0.25, 0.3) is 0 Å². The van der Waals surface area contributed by atoms with Gasteiger partial charge in [-0.25, -0.2) is 0 Å². The van der Waals surface area contributed by atoms with Crippen molar-refractivity contribution in [2.45, 2.75) is 24.4 Å². The van der Waals surface area contributed by atoms with Gasteiger partial charge in [-0.05, 0) is 24.6 Å². The molecule has 3 aromatic rings. The number of para-hydroxylation sites is 1. The zero-order valence-corrected chi connectivity index (χ0v) is 14.1. The van der Waals surface area contributed by atoms with Gasteiger partial charge in [0.15, 0.2) is 11.0 Å². The van der Waals surface area contributed by atoms with Gasteiger partial charge in [-0.2, -0.15) is 0 Å². The van der Waals surface area contributed by atoms with Gasteiger partial charge >= 0.3 is 0 Å². The average Bonchev–Trinajstić information content (AvgIpc) is 3.03. The Kier molecular flexibility index (Phi) is 4.98. The van der Waals surface area contributed by atoms with Gasteiger partial charge in [0.05, 0.1) is 12.7 Å². The molecule has 4 nitrogen and oxygen atoms in total. The van der Waals surface area contributed by atoms with Crippen LogP contribution in [0.2, 0.25) is 0 Å². The lowest BCUT2D eigenvalue weighted by Crippen LogP contribution is -2.01. The molecule has 1 aromatic heterocycles. The Hall–Kier alpha value is -2.27. The fourth-order valence-electron chi connectivity index (χ4n) is 2.43. The number of hydrogen-bond donors (Lipinski definition) is 0. The monoisotopic (exact) mass is 325 g/mol. The first kappa shape index (κ1) is 15.6. The number of rotatable bonds is 6. The van der Waals surface area contributed by atoms with Crippen LogP contribution in [0.15, 0.2) is 59.8 Å². The molecule has 0 atom stereocenters. The van der Waals surface area contributed by atoms with E-state index in [0.717, 1.165) is 34.6 Å². The first-order chi connectivity index (χ1) is 11.3. The van der Waals surface area contributed by atoms with E-state index >= 15 is 0 Å².